The lowest BCUT2D eigenvalue weighted by Gasteiger charge is -2.25. The Kier molecular flexibility index (Phi) is 5.85. The second-order valence-corrected chi connectivity index (χ2v) is 4.56. The van der Waals surface area contributed by atoms with Gasteiger partial charge in [0.25, 0.3) is 0 Å². The van der Waals surface area contributed by atoms with E-state index in [1.165, 1.54) is 18.5 Å². The summed E-state index contributed by atoms with van der Waals surface area (Å²) in [4.78, 5) is 2.31. The molecule has 0 aromatic carbocycles. The molecule has 0 radical (unpaired) electrons. The summed E-state index contributed by atoms with van der Waals surface area (Å²) in [6, 6.07) is 0. The van der Waals surface area contributed by atoms with Gasteiger partial charge in [-0.25, -0.2) is 0 Å². The summed E-state index contributed by atoms with van der Waals surface area (Å²) in [5, 5.41) is 0. The molecule has 0 rings (SSSR count). The SMILES string of the molecule is CCC(CN(C)C=C(C)C)C(C)C. The second-order valence-electron chi connectivity index (χ2n) is 4.56. The fourth-order valence-corrected chi connectivity index (χ4v) is 1.67. The molecule has 0 heterocycles. The van der Waals surface area contributed by atoms with Crippen LogP contribution in [0.25, 0.3) is 0 Å². The molecule has 0 aliphatic carbocycles. The fraction of sp³-hybridized carbons (Fsp3) is 0.833. The number of nitrogens with zero attached hydrogens (tertiary/aromatic N) is 1. The van der Waals surface area contributed by atoms with Crippen LogP contribution in [0, 0.1) is 11.8 Å². The number of hydrogen-bond acceptors (Lipinski definition) is 1. The minimum absolute atomic E-state index is 0.790. The molecule has 0 aromatic heterocycles. The molecule has 13 heavy (non-hydrogen) atoms. The van der Waals surface area contributed by atoms with E-state index in [1.807, 2.05) is 0 Å². The van der Waals surface area contributed by atoms with Gasteiger partial charge in [0.1, 0.15) is 0 Å². The van der Waals surface area contributed by atoms with Crippen molar-refractivity contribution in [2.24, 2.45) is 11.8 Å². The second kappa shape index (κ2) is 6.06. The van der Waals surface area contributed by atoms with Crippen LogP contribution in [0.1, 0.15) is 41.0 Å². The molecule has 1 unspecified atom stereocenters. The zero-order valence-corrected chi connectivity index (χ0v) is 10.1. The molecule has 0 fully saturated rings. The lowest BCUT2D eigenvalue weighted by atomic mass is 9.93. The van der Waals surface area contributed by atoms with E-state index in [0.717, 1.165) is 11.8 Å². The summed E-state index contributed by atoms with van der Waals surface area (Å²) in [5.74, 6) is 1.61. The van der Waals surface area contributed by atoms with Crippen LogP contribution < -0.4 is 0 Å². The largest absolute Gasteiger partial charge is 0.380 e. The van der Waals surface area contributed by atoms with E-state index in [-0.39, 0.29) is 0 Å². The first-order valence-corrected chi connectivity index (χ1v) is 5.32. The molecule has 0 aliphatic rings. The minimum atomic E-state index is 0.790. The van der Waals surface area contributed by atoms with Crippen molar-refractivity contribution < 1.29 is 0 Å². The van der Waals surface area contributed by atoms with E-state index in [2.05, 4.69) is 52.8 Å². The Balaban J connectivity index is 4.01. The highest BCUT2D eigenvalue weighted by molar-refractivity contribution is 4.92. The molecule has 1 heteroatoms. The first-order chi connectivity index (χ1) is 5.97. The van der Waals surface area contributed by atoms with Gasteiger partial charge in [-0.15, -0.1) is 0 Å². The van der Waals surface area contributed by atoms with Crippen LogP contribution in [0.4, 0.5) is 0 Å². The van der Waals surface area contributed by atoms with Crippen molar-refractivity contribution >= 4 is 0 Å². The zero-order chi connectivity index (χ0) is 10.4. The standard InChI is InChI=1S/C12H25N/c1-7-12(11(4)5)9-13(6)8-10(2)3/h8,11-12H,7,9H2,1-6H3. The van der Waals surface area contributed by atoms with Crippen molar-refractivity contribution in [3.05, 3.63) is 11.8 Å². The molecule has 1 nitrogen and oxygen atoms in total. The third-order valence-corrected chi connectivity index (χ3v) is 2.47. The smallest absolute Gasteiger partial charge is 0.0199 e. The van der Waals surface area contributed by atoms with Crippen LogP contribution in [-0.2, 0) is 0 Å². The van der Waals surface area contributed by atoms with Crippen LogP contribution in [0.5, 0.6) is 0 Å². The van der Waals surface area contributed by atoms with Crippen LogP contribution in [0.3, 0.4) is 0 Å². The fourth-order valence-electron chi connectivity index (χ4n) is 1.67. The molecule has 0 amide bonds. The quantitative estimate of drug-likeness (QED) is 0.630. The van der Waals surface area contributed by atoms with Crippen molar-refractivity contribution in [1.82, 2.24) is 4.90 Å². The van der Waals surface area contributed by atoms with Gasteiger partial charge < -0.3 is 4.90 Å². The molecule has 0 saturated heterocycles. The molecular formula is C12H25N. The molecule has 0 aromatic rings. The van der Waals surface area contributed by atoms with E-state index in [9.17, 15) is 0 Å². The monoisotopic (exact) mass is 183 g/mol. The predicted molar refractivity (Wildman–Crippen MR) is 60.7 cm³/mol. The Morgan fingerprint density at radius 2 is 1.85 bits per heavy atom. The van der Waals surface area contributed by atoms with E-state index < -0.39 is 0 Å². The molecule has 0 bridgehead atoms. The Morgan fingerprint density at radius 1 is 1.31 bits per heavy atom. The predicted octanol–water partition coefficient (Wildman–Crippen LogP) is 3.52. The third kappa shape index (κ3) is 5.73. The maximum atomic E-state index is 2.31. The first-order valence-electron chi connectivity index (χ1n) is 5.32. The molecule has 0 aliphatic heterocycles. The molecule has 0 N–H and O–H groups in total. The van der Waals surface area contributed by atoms with Gasteiger partial charge in [0.05, 0.1) is 0 Å². The number of allylic oxidation sites excluding steroid dienone is 1. The van der Waals surface area contributed by atoms with E-state index >= 15 is 0 Å². The maximum absolute atomic E-state index is 2.31. The lowest BCUT2D eigenvalue weighted by molar-refractivity contribution is 0.280. The van der Waals surface area contributed by atoms with E-state index in [1.54, 1.807) is 0 Å². The highest BCUT2D eigenvalue weighted by Gasteiger charge is 2.11. The average Bonchev–Trinajstić information content (AvgIpc) is 1.98. The van der Waals surface area contributed by atoms with Crippen molar-refractivity contribution in [1.29, 1.82) is 0 Å². The van der Waals surface area contributed by atoms with Gasteiger partial charge in [-0.05, 0) is 31.9 Å². The van der Waals surface area contributed by atoms with Crippen LogP contribution in [-0.4, -0.2) is 18.5 Å². The topological polar surface area (TPSA) is 3.24 Å². The lowest BCUT2D eigenvalue weighted by Crippen LogP contribution is -2.24. The molecular weight excluding hydrogens is 158 g/mol. The summed E-state index contributed by atoms with van der Waals surface area (Å²) >= 11 is 0. The molecule has 0 spiro atoms. The Bertz CT molecular complexity index is 155. The highest BCUT2D eigenvalue weighted by atomic mass is 15.1. The van der Waals surface area contributed by atoms with Gasteiger partial charge in [-0.2, -0.15) is 0 Å². The first kappa shape index (κ1) is 12.5. The van der Waals surface area contributed by atoms with Crippen molar-refractivity contribution in [2.45, 2.75) is 41.0 Å². The summed E-state index contributed by atoms with van der Waals surface area (Å²) in [5.41, 5.74) is 1.38. The van der Waals surface area contributed by atoms with Crippen LogP contribution in [0.15, 0.2) is 11.8 Å². The molecule has 78 valence electrons. The van der Waals surface area contributed by atoms with E-state index in [4.69, 9.17) is 0 Å². The molecule has 0 saturated carbocycles. The van der Waals surface area contributed by atoms with Gasteiger partial charge in [0, 0.05) is 13.6 Å². The van der Waals surface area contributed by atoms with Crippen LogP contribution in [0.2, 0.25) is 0 Å². The maximum Gasteiger partial charge on any atom is 0.0199 e. The third-order valence-electron chi connectivity index (χ3n) is 2.47. The molecule has 1 atom stereocenters. The number of hydrogen-bond donors (Lipinski definition) is 0. The van der Waals surface area contributed by atoms with Crippen molar-refractivity contribution in [3.8, 4) is 0 Å². The zero-order valence-electron chi connectivity index (χ0n) is 10.1. The van der Waals surface area contributed by atoms with E-state index in [0.29, 0.717) is 0 Å². The van der Waals surface area contributed by atoms with Gasteiger partial charge in [-0.1, -0.05) is 32.8 Å². The summed E-state index contributed by atoms with van der Waals surface area (Å²) in [6.07, 6.45) is 3.50. The summed E-state index contributed by atoms with van der Waals surface area (Å²) in [6.45, 7) is 12.4. The average molecular weight is 183 g/mol. The Hall–Kier alpha value is -0.460. The highest BCUT2D eigenvalue weighted by Crippen LogP contribution is 2.16. The van der Waals surface area contributed by atoms with Gasteiger partial charge in [-0.3, -0.25) is 0 Å². The minimum Gasteiger partial charge on any atom is -0.380 e. The number of rotatable bonds is 5. The Morgan fingerprint density at radius 3 is 2.15 bits per heavy atom. The Labute approximate surface area is 83.8 Å². The normalized spacial score (nSPS) is 12.8. The van der Waals surface area contributed by atoms with Gasteiger partial charge >= 0.3 is 0 Å². The summed E-state index contributed by atoms with van der Waals surface area (Å²) in [7, 11) is 2.16. The van der Waals surface area contributed by atoms with Crippen molar-refractivity contribution in [3.63, 3.8) is 0 Å². The van der Waals surface area contributed by atoms with Gasteiger partial charge in [0.15, 0.2) is 0 Å². The summed E-state index contributed by atoms with van der Waals surface area (Å²) < 4.78 is 0. The van der Waals surface area contributed by atoms with Crippen molar-refractivity contribution in [2.75, 3.05) is 13.6 Å². The van der Waals surface area contributed by atoms with Gasteiger partial charge in [0.2, 0.25) is 0 Å². The van der Waals surface area contributed by atoms with Crippen LogP contribution >= 0.6 is 0 Å².